The number of thioether (sulfide) groups is 1. The number of rotatable bonds is 5. The average molecular weight is 478 g/mol. The monoisotopic (exact) mass is 477 g/mol. The molecule has 1 fully saturated rings. The molecule has 172 valence electrons. The summed E-state index contributed by atoms with van der Waals surface area (Å²) in [6.45, 7) is -0.322. The first-order chi connectivity index (χ1) is 16.5. The van der Waals surface area contributed by atoms with Crippen molar-refractivity contribution in [1.82, 2.24) is 0 Å². The van der Waals surface area contributed by atoms with Crippen molar-refractivity contribution in [3.8, 4) is 5.75 Å². The summed E-state index contributed by atoms with van der Waals surface area (Å²) in [6, 6.07) is 19.8. The maximum atomic E-state index is 14.0. The number of fused-ring (bicyclic) bond motifs is 2. The third-order valence-electron chi connectivity index (χ3n) is 5.84. The molecule has 1 atom stereocenters. The predicted octanol–water partition coefficient (Wildman–Crippen LogP) is 3.75. The lowest BCUT2D eigenvalue weighted by Crippen LogP contribution is -2.50. The van der Waals surface area contributed by atoms with Crippen molar-refractivity contribution < 1.29 is 23.5 Å². The molecular weight excluding hydrogens is 457 g/mol. The number of carbonyl (C=O) groups is 3. The second-order valence-electron chi connectivity index (χ2n) is 7.80. The molecule has 0 aromatic heterocycles. The standard InChI is InChI=1S/C25H20FN3O4S/c1-33-17-12-10-16(11-13-17)29-23(31)15-34-25(29)18-6-2-5-9-21(18)28(24(25)32)14-22(30)27-20-8-4-3-7-19(20)26/h2-13H,14-15H2,1H3,(H,27,30)/t25-/m0/s1. The summed E-state index contributed by atoms with van der Waals surface area (Å²) in [5.41, 5.74) is 1.76. The second kappa shape index (κ2) is 8.49. The smallest absolute Gasteiger partial charge is 0.269 e. The van der Waals surface area contributed by atoms with Crippen molar-refractivity contribution >= 4 is 46.5 Å². The number of nitrogens with one attached hydrogen (secondary N) is 1. The number of halogens is 1. The third-order valence-corrected chi connectivity index (χ3v) is 7.23. The van der Waals surface area contributed by atoms with E-state index in [1.165, 1.54) is 39.8 Å². The fraction of sp³-hybridized carbons (Fsp3) is 0.160. The summed E-state index contributed by atoms with van der Waals surface area (Å²) >= 11 is 1.22. The molecule has 9 heteroatoms. The Balaban J connectivity index is 1.51. The van der Waals surface area contributed by atoms with E-state index >= 15 is 0 Å². The number of hydrogen-bond donors (Lipinski definition) is 1. The first kappa shape index (κ1) is 22.0. The first-order valence-electron chi connectivity index (χ1n) is 10.5. The van der Waals surface area contributed by atoms with Crippen LogP contribution in [-0.4, -0.2) is 37.1 Å². The number of methoxy groups -OCH3 is 1. The molecule has 3 amide bonds. The molecule has 1 saturated heterocycles. The van der Waals surface area contributed by atoms with Crippen LogP contribution in [0.15, 0.2) is 72.8 Å². The third kappa shape index (κ3) is 3.40. The van der Waals surface area contributed by atoms with Gasteiger partial charge >= 0.3 is 0 Å². The number of nitrogens with zero attached hydrogens (tertiary/aromatic N) is 2. The molecule has 1 N–H and O–H groups in total. The number of anilines is 3. The van der Waals surface area contributed by atoms with Gasteiger partial charge in [0.1, 0.15) is 18.1 Å². The maximum absolute atomic E-state index is 14.0. The number of benzene rings is 3. The van der Waals surface area contributed by atoms with Crippen LogP contribution in [0.25, 0.3) is 0 Å². The summed E-state index contributed by atoms with van der Waals surface area (Å²) < 4.78 is 19.2. The molecule has 0 bridgehead atoms. The number of ether oxygens (including phenoxy) is 1. The fourth-order valence-electron chi connectivity index (χ4n) is 4.34. The molecule has 34 heavy (non-hydrogen) atoms. The van der Waals surface area contributed by atoms with E-state index in [2.05, 4.69) is 5.32 Å². The maximum Gasteiger partial charge on any atom is 0.269 e. The highest BCUT2D eigenvalue weighted by molar-refractivity contribution is 8.02. The Kier molecular flexibility index (Phi) is 5.49. The Hall–Kier alpha value is -3.85. The largest absolute Gasteiger partial charge is 0.497 e. The lowest BCUT2D eigenvalue weighted by molar-refractivity contribution is -0.124. The van der Waals surface area contributed by atoms with Gasteiger partial charge in [0.05, 0.1) is 24.2 Å². The van der Waals surface area contributed by atoms with Crippen molar-refractivity contribution in [2.75, 3.05) is 34.5 Å². The molecular formula is C25H20FN3O4S. The highest BCUT2D eigenvalue weighted by Crippen LogP contribution is 2.55. The van der Waals surface area contributed by atoms with E-state index in [4.69, 9.17) is 4.74 Å². The van der Waals surface area contributed by atoms with Gasteiger partial charge in [-0.25, -0.2) is 4.39 Å². The van der Waals surface area contributed by atoms with E-state index in [1.807, 2.05) is 0 Å². The quantitative estimate of drug-likeness (QED) is 0.606. The van der Waals surface area contributed by atoms with Crippen LogP contribution in [0.3, 0.4) is 0 Å². The highest BCUT2D eigenvalue weighted by atomic mass is 32.2. The first-order valence-corrected chi connectivity index (χ1v) is 11.5. The van der Waals surface area contributed by atoms with E-state index in [9.17, 15) is 18.8 Å². The van der Waals surface area contributed by atoms with Gasteiger partial charge in [-0.15, -0.1) is 11.8 Å². The van der Waals surface area contributed by atoms with Crippen LogP contribution < -0.4 is 19.9 Å². The zero-order valence-corrected chi connectivity index (χ0v) is 19.0. The number of amides is 3. The van der Waals surface area contributed by atoms with Crippen molar-refractivity contribution in [1.29, 1.82) is 0 Å². The van der Waals surface area contributed by atoms with E-state index in [-0.39, 0.29) is 23.9 Å². The molecule has 2 heterocycles. The van der Waals surface area contributed by atoms with Crippen LogP contribution in [-0.2, 0) is 19.3 Å². The van der Waals surface area contributed by atoms with Gasteiger partial charge in [-0.1, -0.05) is 30.3 Å². The zero-order valence-electron chi connectivity index (χ0n) is 18.2. The Morgan fingerprint density at radius 2 is 1.76 bits per heavy atom. The van der Waals surface area contributed by atoms with Crippen LogP contribution in [0.2, 0.25) is 0 Å². The average Bonchev–Trinajstić information content (AvgIpc) is 3.31. The molecule has 1 spiro atoms. The van der Waals surface area contributed by atoms with Crippen molar-refractivity contribution in [3.63, 3.8) is 0 Å². The molecule has 3 aromatic carbocycles. The molecule has 0 saturated carbocycles. The van der Waals surface area contributed by atoms with Crippen molar-refractivity contribution in [2.45, 2.75) is 4.87 Å². The second-order valence-corrected chi connectivity index (χ2v) is 8.96. The summed E-state index contributed by atoms with van der Waals surface area (Å²) in [5, 5.41) is 2.52. The van der Waals surface area contributed by atoms with Crippen molar-refractivity contribution in [2.24, 2.45) is 0 Å². The summed E-state index contributed by atoms with van der Waals surface area (Å²) in [5.74, 6) is -0.984. The number of para-hydroxylation sites is 2. The van der Waals surface area contributed by atoms with E-state index in [0.29, 0.717) is 22.7 Å². The van der Waals surface area contributed by atoms with Crippen molar-refractivity contribution in [3.05, 3.63) is 84.2 Å². The minimum atomic E-state index is -1.33. The minimum absolute atomic E-state index is 0.0347. The molecule has 0 unspecified atom stereocenters. The molecule has 7 nitrogen and oxygen atoms in total. The van der Waals surface area contributed by atoms with Crippen LogP contribution >= 0.6 is 11.8 Å². The van der Waals surface area contributed by atoms with Crippen LogP contribution in [0, 0.1) is 5.82 Å². The van der Waals surface area contributed by atoms with Gasteiger partial charge in [-0.05, 0) is 42.5 Å². The predicted molar refractivity (Wildman–Crippen MR) is 128 cm³/mol. The fourth-order valence-corrected chi connectivity index (χ4v) is 5.70. The van der Waals surface area contributed by atoms with Crippen LogP contribution in [0.5, 0.6) is 5.75 Å². The van der Waals surface area contributed by atoms with Gasteiger partial charge in [-0.3, -0.25) is 24.2 Å². The molecule has 0 radical (unpaired) electrons. The van der Waals surface area contributed by atoms with E-state index < -0.39 is 22.5 Å². The molecule has 0 aliphatic carbocycles. The van der Waals surface area contributed by atoms with Crippen LogP contribution in [0.4, 0.5) is 21.5 Å². The Morgan fingerprint density at radius 1 is 1.06 bits per heavy atom. The van der Waals surface area contributed by atoms with Gasteiger partial charge in [-0.2, -0.15) is 0 Å². The number of carbonyl (C=O) groups excluding carboxylic acids is 3. The van der Waals surface area contributed by atoms with Gasteiger partial charge in [0.25, 0.3) is 5.91 Å². The normalized spacial score (nSPS) is 19.0. The van der Waals surface area contributed by atoms with Gasteiger partial charge in [0.2, 0.25) is 16.7 Å². The Morgan fingerprint density at radius 3 is 2.50 bits per heavy atom. The lowest BCUT2D eigenvalue weighted by atomic mass is 10.0. The molecule has 5 rings (SSSR count). The highest BCUT2D eigenvalue weighted by Gasteiger charge is 2.61. The Bertz CT molecular complexity index is 1300. The van der Waals surface area contributed by atoms with Gasteiger partial charge in [0.15, 0.2) is 0 Å². The summed E-state index contributed by atoms with van der Waals surface area (Å²) in [7, 11) is 1.55. The zero-order chi connectivity index (χ0) is 23.9. The topological polar surface area (TPSA) is 79.0 Å². The summed E-state index contributed by atoms with van der Waals surface area (Å²) in [6.07, 6.45) is 0. The van der Waals surface area contributed by atoms with E-state index in [1.54, 1.807) is 61.7 Å². The van der Waals surface area contributed by atoms with Crippen LogP contribution in [0.1, 0.15) is 5.56 Å². The summed E-state index contributed by atoms with van der Waals surface area (Å²) in [4.78, 5) is 41.3. The molecule has 2 aliphatic heterocycles. The van der Waals surface area contributed by atoms with Gasteiger partial charge in [0, 0.05) is 11.3 Å². The lowest BCUT2D eigenvalue weighted by Gasteiger charge is -2.33. The molecule has 3 aromatic rings. The van der Waals surface area contributed by atoms with Gasteiger partial charge < -0.3 is 10.1 Å². The minimum Gasteiger partial charge on any atom is -0.497 e. The molecule has 2 aliphatic rings. The Labute approximate surface area is 199 Å². The SMILES string of the molecule is COc1ccc(N2C(=O)CS[C@@]23C(=O)N(CC(=O)Nc2ccccc2F)c2ccccc23)cc1. The van der Waals surface area contributed by atoms with E-state index in [0.717, 1.165) is 0 Å². The number of hydrogen-bond acceptors (Lipinski definition) is 5.